The van der Waals surface area contributed by atoms with Gasteiger partial charge in [0, 0.05) is 38.9 Å². The van der Waals surface area contributed by atoms with Crippen molar-refractivity contribution in [3.8, 4) is 0 Å². The van der Waals surface area contributed by atoms with Crippen molar-refractivity contribution < 1.29 is 18.0 Å². The smallest absolute Gasteiger partial charge is 0.352 e. The van der Waals surface area contributed by atoms with E-state index in [0.717, 1.165) is 25.2 Å². The minimum absolute atomic E-state index is 0.0235. The summed E-state index contributed by atoms with van der Waals surface area (Å²) >= 11 is 5.98. The standard InChI is InChI=1S/C15H18ClF3N4O/c16-12-7-11(15(17,18)19)9-21-13(12)22-3-5-23(6-4-22)14(24)10-1-2-20-8-10/h7,9-10,20H,1-6,8H2. The Labute approximate surface area is 142 Å². The molecular formula is C15H18ClF3N4O. The summed E-state index contributed by atoms with van der Waals surface area (Å²) in [6.07, 6.45) is -2.82. The molecule has 0 aliphatic carbocycles. The Morgan fingerprint density at radius 3 is 2.54 bits per heavy atom. The quantitative estimate of drug-likeness (QED) is 0.874. The molecule has 0 saturated carbocycles. The number of pyridine rings is 1. The van der Waals surface area contributed by atoms with Gasteiger partial charge in [-0.05, 0) is 19.0 Å². The zero-order valence-corrected chi connectivity index (χ0v) is 13.7. The Bertz CT molecular complexity index is 611. The van der Waals surface area contributed by atoms with Crippen LogP contribution in [0.15, 0.2) is 12.3 Å². The molecule has 5 nitrogen and oxygen atoms in total. The number of piperazine rings is 1. The number of carbonyl (C=O) groups is 1. The first-order chi connectivity index (χ1) is 11.4. The van der Waals surface area contributed by atoms with Gasteiger partial charge in [0.15, 0.2) is 0 Å². The fraction of sp³-hybridized carbons (Fsp3) is 0.600. The van der Waals surface area contributed by atoms with Gasteiger partial charge in [0.25, 0.3) is 0 Å². The Hall–Kier alpha value is -1.54. The van der Waals surface area contributed by atoms with E-state index >= 15 is 0 Å². The van der Waals surface area contributed by atoms with Crippen LogP contribution in [-0.4, -0.2) is 55.1 Å². The van der Waals surface area contributed by atoms with E-state index < -0.39 is 11.7 Å². The van der Waals surface area contributed by atoms with Crippen LogP contribution in [0.4, 0.5) is 19.0 Å². The first-order valence-electron chi connectivity index (χ1n) is 7.83. The van der Waals surface area contributed by atoms with E-state index in [-0.39, 0.29) is 16.8 Å². The molecule has 1 aromatic rings. The lowest BCUT2D eigenvalue weighted by Gasteiger charge is -2.36. The predicted octanol–water partition coefficient (Wildman–Crippen LogP) is 2.01. The summed E-state index contributed by atoms with van der Waals surface area (Å²) in [6.45, 7) is 3.63. The van der Waals surface area contributed by atoms with Crippen molar-refractivity contribution in [1.82, 2.24) is 15.2 Å². The molecule has 132 valence electrons. The van der Waals surface area contributed by atoms with Crippen molar-refractivity contribution in [3.05, 3.63) is 22.8 Å². The lowest BCUT2D eigenvalue weighted by atomic mass is 10.1. The number of hydrogen-bond acceptors (Lipinski definition) is 4. The van der Waals surface area contributed by atoms with Gasteiger partial charge in [-0.25, -0.2) is 4.98 Å². The van der Waals surface area contributed by atoms with Crippen molar-refractivity contribution in [2.75, 3.05) is 44.2 Å². The molecule has 3 heterocycles. The van der Waals surface area contributed by atoms with E-state index in [4.69, 9.17) is 11.6 Å². The molecule has 2 saturated heterocycles. The second-order valence-corrected chi connectivity index (χ2v) is 6.44. The molecule has 1 atom stereocenters. The number of hydrogen-bond donors (Lipinski definition) is 1. The first kappa shape index (κ1) is 17.3. The zero-order valence-electron chi connectivity index (χ0n) is 12.9. The Kier molecular flexibility index (Phi) is 4.87. The highest BCUT2D eigenvalue weighted by molar-refractivity contribution is 6.33. The highest BCUT2D eigenvalue weighted by Crippen LogP contribution is 2.33. The van der Waals surface area contributed by atoms with Crippen molar-refractivity contribution in [3.63, 3.8) is 0 Å². The molecule has 2 aliphatic heterocycles. The maximum absolute atomic E-state index is 12.7. The summed E-state index contributed by atoms with van der Waals surface area (Å²) in [5, 5.41) is 3.15. The molecule has 0 radical (unpaired) electrons. The van der Waals surface area contributed by atoms with E-state index in [0.29, 0.717) is 38.5 Å². The Morgan fingerprint density at radius 2 is 2.00 bits per heavy atom. The van der Waals surface area contributed by atoms with Crippen LogP contribution >= 0.6 is 11.6 Å². The minimum Gasteiger partial charge on any atom is -0.352 e. The summed E-state index contributed by atoms with van der Waals surface area (Å²) in [6, 6.07) is 0.894. The lowest BCUT2D eigenvalue weighted by molar-refractivity contribution is -0.138. The molecule has 0 aromatic carbocycles. The van der Waals surface area contributed by atoms with Gasteiger partial charge in [-0.2, -0.15) is 13.2 Å². The summed E-state index contributed by atoms with van der Waals surface area (Å²) in [5.41, 5.74) is -0.862. The van der Waals surface area contributed by atoms with Crippen LogP contribution in [0.1, 0.15) is 12.0 Å². The maximum atomic E-state index is 12.7. The number of carbonyl (C=O) groups excluding carboxylic acids is 1. The average Bonchev–Trinajstić information content (AvgIpc) is 3.08. The number of aromatic nitrogens is 1. The number of anilines is 1. The SMILES string of the molecule is O=C(C1CCNC1)N1CCN(c2ncc(C(F)(F)F)cc2Cl)CC1. The number of amides is 1. The van der Waals surface area contributed by atoms with Gasteiger partial charge < -0.3 is 15.1 Å². The summed E-state index contributed by atoms with van der Waals surface area (Å²) in [7, 11) is 0. The number of nitrogens with one attached hydrogen (secondary N) is 1. The third kappa shape index (κ3) is 3.59. The van der Waals surface area contributed by atoms with E-state index in [9.17, 15) is 18.0 Å². The molecule has 1 amide bonds. The van der Waals surface area contributed by atoms with Gasteiger partial charge in [0.1, 0.15) is 5.82 Å². The number of rotatable bonds is 2. The molecular weight excluding hydrogens is 345 g/mol. The van der Waals surface area contributed by atoms with Crippen LogP contribution in [0.2, 0.25) is 5.02 Å². The number of halogens is 4. The van der Waals surface area contributed by atoms with E-state index in [2.05, 4.69) is 10.3 Å². The van der Waals surface area contributed by atoms with Crippen LogP contribution in [0, 0.1) is 5.92 Å². The van der Waals surface area contributed by atoms with E-state index in [1.54, 1.807) is 0 Å². The van der Waals surface area contributed by atoms with Crippen molar-refractivity contribution >= 4 is 23.3 Å². The van der Waals surface area contributed by atoms with Crippen molar-refractivity contribution in [1.29, 1.82) is 0 Å². The third-order valence-electron chi connectivity index (χ3n) is 4.45. The van der Waals surface area contributed by atoms with Gasteiger partial charge >= 0.3 is 6.18 Å². The predicted molar refractivity (Wildman–Crippen MR) is 84.0 cm³/mol. The second-order valence-electron chi connectivity index (χ2n) is 6.03. The van der Waals surface area contributed by atoms with Gasteiger partial charge in [-0.1, -0.05) is 11.6 Å². The van der Waals surface area contributed by atoms with Gasteiger partial charge in [-0.3, -0.25) is 4.79 Å². The molecule has 1 N–H and O–H groups in total. The Balaban J connectivity index is 1.63. The fourth-order valence-corrected chi connectivity index (χ4v) is 3.37. The van der Waals surface area contributed by atoms with Crippen LogP contribution in [0.25, 0.3) is 0 Å². The largest absolute Gasteiger partial charge is 0.417 e. The molecule has 2 fully saturated rings. The molecule has 3 rings (SSSR count). The van der Waals surface area contributed by atoms with E-state index in [1.165, 1.54) is 0 Å². The van der Waals surface area contributed by atoms with Crippen molar-refractivity contribution in [2.24, 2.45) is 5.92 Å². The van der Waals surface area contributed by atoms with E-state index in [1.807, 2.05) is 9.80 Å². The summed E-state index contributed by atoms with van der Waals surface area (Å²) < 4.78 is 38.0. The lowest BCUT2D eigenvalue weighted by Crippen LogP contribution is -2.51. The van der Waals surface area contributed by atoms with Gasteiger partial charge in [-0.15, -0.1) is 0 Å². The molecule has 1 unspecified atom stereocenters. The Morgan fingerprint density at radius 1 is 1.29 bits per heavy atom. The third-order valence-corrected chi connectivity index (χ3v) is 4.73. The van der Waals surface area contributed by atoms with Crippen LogP contribution < -0.4 is 10.2 Å². The summed E-state index contributed by atoms with van der Waals surface area (Å²) in [4.78, 5) is 19.9. The minimum atomic E-state index is -4.46. The molecule has 9 heteroatoms. The first-order valence-corrected chi connectivity index (χ1v) is 8.21. The highest BCUT2D eigenvalue weighted by Gasteiger charge is 2.33. The van der Waals surface area contributed by atoms with Crippen LogP contribution in [0.3, 0.4) is 0 Å². The van der Waals surface area contributed by atoms with Crippen LogP contribution in [-0.2, 0) is 11.0 Å². The molecule has 24 heavy (non-hydrogen) atoms. The van der Waals surface area contributed by atoms with Gasteiger partial charge in [0.05, 0.1) is 16.5 Å². The zero-order chi connectivity index (χ0) is 17.3. The topological polar surface area (TPSA) is 48.5 Å². The summed E-state index contributed by atoms with van der Waals surface area (Å²) in [5.74, 6) is 0.509. The van der Waals surface area contributed by atoms with Crippen molar-refractivity contribution in [2.45, 2.75) is 12.6 Å². The molecule has 0 bridgehead atoms. The highest BCUT2D eigenvalue weighted by atomic mass is 35.5. The molecule has 1 aromatic heterocycles. The maximum Gasteiger partial charge on any atom is 0.417 e. The number of alkyl halides is 3. The van der Waals surface area contributed by atoms with Gasteiger partial charge in [0.2, 0.25) is 5.91 Å². The monoisotopic (exact) mass is 362 g/mol. The molecule has 2 aliphatic rings. The normalized spacial score (nSPS) is 22.1. The van der Waals surface area contributed by atoms with Crippen LogP contribution in [0.5, 0.6) is 0 Å². The number of nitrogens with zero attached hydrogens (tertiary/aromatic N) is 3. The average molecular weight is 363 g/mol. The molecule has 0 spiro atoms. The second kappa shape index (κ2) is 6.76. The fourth-order valence-electron chi connectivity index (χ4n) is 3.08.